The lowest BCUT2D eigenvalue weighted by atomic mass is 10.1. The van der Waals surface area contributed by atoms with Crippen LogP contribution in [0.4, 0.5) is 5.69 Å². The molecule has 1 aromatic rings. The molecule has 3 nitrogen and oxygen atoms in total. The summed E-state index contributed by atoms with van der Waals surface area (Å²) in [5.41, 5.74) is 1.79. The number of nitrogens with one attached hydrogen (secondary N) is 1. The molecule has 2 unspecified atom stereocenters. The first-order chi connectivity index (χ1) is 8.11. The number of benzene rings is 1. The Morgan fingerprint density at radius 1 is 1.41 bits per heavy atom. The Balaban J connectivity index is 1.97. The Kier molecular flexibility index (Phi) is 3.36. The van der Waals surface area contributed by atoms with Crippen molar-refractivity contribution in [1.29, 1.82) is 0 Å². The summed E-state index contributed by atoms with van der Waals surface area (Å²) < 4.78 is 0. The lowest BCUT2D eigenvalue weighted by molar-refractivity contribution is 0.0787. The van der Waals surface area contributed by atoms with Gasteiger partial charge in [-0.25, -0.2) is 0 Å². The lowest BCUT2D eigenvalue weighted by Gasteiger charge is -2.17. The number of hydrogen-bond acceptors (Lipinski definition) is 2. The first kappa shape index (κ1) is 12.0. The number of anilines is 1. The van der Waals surface area contributed by atoms with Crippen LogP contribution in [0, 0.1) is 11.8 Å². The number of nitrogens with zero attached hydrogens (tertiary/aromatic N) is 1. The average Bonchev–Trinajstić information content (AvgIpc) is 3.04. The summed E-state index contributed by atoms with van der Waals surface area (Å²) in [6, 6.07) is 7.61. The van der Waals surface area contributed by atoms with Crippen molar-refractivity contribution in [2.75, 3.05) is 26.0 Å². The van der Waals surface area contributed by atoms with Crippen molar-refractivity contribution >= 4 is 11.6 Å². The number of carbonyl (C=O) groups is 1. The van der Waals surface area contributed by atoms with Gasteiger partial charge in [0.15, 0.2) is 0 Å². The van der Waals surface area contributed by atoms with Gasteiger partial charge in [-0.2, -0.15) is 0 Å². The molecule has 0 heterocycles. The predicted octanol–water partition coefficient (Wildman–Crippen LogP) is 2.46. The summed E-state index contributed by atoms with van der Waals surface area (Å²) in [6.07, 6.45) is 1.26. The van der Waals surface area contributed by atoms with Crippen LogP contribution in [-0.2, 0) is 0 Å². The van der Waals surface area contributed by atoms with Gasteiger partial charge in [0, 0.05) is 31.9 Å². The molecule has 0 aromatic heterocycles. The van der Waals surface area contributed by atoms with E-state index in [9.17, 15) is 4.79 Å². The minimum Gasteiger partial charge on any atom is -0.388 e. The lowest BCUT2D eigenvalue weighted by Crippen LogP contribution is -2.29. The highest BCUT2D eigenvalue weighted by Crippen LogP contribution is 2.38. The fourth-order valence-electron chi connectivity index (χ4n) is 2.09. The highest BCUT2D eigenvalue weighted by molar-refractivity contribution is 5.94. The maximum atomic E-state index is 12.1. The molecular weight excluding hydrogens is 212 g/mol. The van der Waals surface area contributed by atoms with E-state index in [-0.39, 0.29) is 5.91 Å². The van der Waals surface area contributed by atoms with E-state index in [1.807, 2.05) is 43.3 Å². The van der Waals surface area contributed by atoms with Crippen LogP contribution in [0.1, 0.15) is 23.7 Å². The van der Waals surface area contributed by atoms with Gasteiger partial charge in [0.05, 0.1) is 0 Å². The van der Waals surface area contributed by atoms with Crippen LogP contribution in [0.5, 0.6) is 0 Å². The normalized spacial score (nSPS) is 22.1. The molecule has 1 amide bonds. The molecule has 1 fully saturated rings. The third kappa shape index (κ3) is 2.78. The van der Waals surface area contributed by atoms with Crippen LogP contribution in [0.25, 0.3) is 0 Å². The molecule has 92 valence electrons. The van der Waals surface area contributed by atoms with Crippen molar-refractivity contribution in [2.24, 2.45) is 11.8 Å². The van der Waals surface area contributed by atoms with Crippen molar-refractivity contribution in [2.45, 2.75) is 13.3 Å². The standard InChI is InChI=1S/C14H20N2O/c1-10-8-12(10)9-16(3)14(17)11-4-6-13(15-2)7-5-11/h4-7,10,12,15H,8-9H2,1-3H3. The summed E-state index contributed by atoms with van der Waals surface area (Å²) in [5.74, 6) is 1.62. The van der Waals surface area contributed by atoms with Crippen LogP contribution in [0.15, 0.2) is 24.3 Å². The van der Waals surface area contributed by atoms with E-state index in [4.69, 9.17) is 0 Å². The van der Waals surface area contributed by atoms with Gasteiger partial charge >= 0.3 is 0 Å². The maximum Gasteiger partial charge on any atom is 0.253 e. The van der Waals surface area contributed by atoms with Crippen molar-refractivity contribution in [3.63, 3.8) is 0 Å². The molecule has 3 heteroatoms. The Bertz CT molecular complexity index is 399. The SMILES string of the molecule is CNc1ccc(C(=O)N(C)CC2CC2C)cc1. The van der Waals surface area contributed by atoms with Crippen molar-refractivity contribution < 1.29 is 4.79 Å². The maximum absolute atomic E-state index is 12.1. The fraction of sp³-hybridized carbons (Fsp3) is 0.500. The average molecular weight is 232 g/mol. The molecule has 1 N–H and O–H groups in total. The van der Waals surface area contributed by atoms with Gasteiger partial charge in [-0.15, -0.1) is 0 Å². The molecule has 1 aliphatic rings. The van der Waals surface area contributed by atoms with Crippen LogP contribution in [0.2, 0.25) is 0 Å². The van der Waals surface area contributed by atoms with E-state index < -0.39 is 0 Å². The Morgan fingerprint density at radius 3 is 2.47 bits per heavy atom. The smallest absolute Gasteiger partial charge is 0.253 e. The van der Waals surface area contributed by atoms with Gasteiger partial charge < -0.3 is 10.2 Å². The van der Waals surface area contributed by atoms with Crippen molar-refractivity contribution in [3.8, 4) is 0 Å². The Labute approximate surface area is 103 Å². The van der Waals surface area contributed by atoms with Gasteiger partial charge in [-0.05, 0) is 42.5 Å². The van der Waals surface area contributed by atoms with Gasteiger partial charge in [0.1, 0.15) is 0 Å². The van der Waals surface area contributed by atoms with E-state index in [1.165, 1.54) is 6.42 Å². The first-order valence-electron chi connectivity index (χ1n) is 6.15. The molecule has 1 aliphatic carbocycles. The largest absolute Gasteiger partial charge is 0.388 e. The summed E-state index contributed by atoms with van der Waals surface area (Å²) >= 11 is 0. The molecule has 0 spiro atoms. The summed E-state index contributed by atoms with van der Waals surface area (Å²) in [5, 5.41) is 3.05. The molecule has 2 atom stereocenters. The predicted molar refractivity (Wildman–Crippen MR) is 70.2 cm³/mol. The van der Waals surface area contributed by atoms with E-state index in [0.29, 0.717) is 5.92 Å². The number of carbonyl (C=O) groups excluding carboxylic acids is 1. The van der Waals surface area contributed by atoms with Crippen molar-refractivity contribution in [1.82, 2.24) is 4.90 Å². The monoisotopic (exact) mass is 232 g/mol. The third-order valence-electron chi connectivity index (χ3n) is 3.55. The highest BCUT2D eigenvalue weighted by atomic mass is 16.2. The molecule has 2 rings (SSSR count). The highest BCUT2D eigenvalue weighted by Gasteiger charge is 2.34. The van der Waals surface area contributed by atoms with Crippen LogP contribution in [-0.4, -0.2) is 31.4 Å². The van der Waals surface area contributed by atoms with Gasteiger partial charge in [-0.3, -0.25) is 4.79 Å². The second-order valence-electron chi connectivity index (χ2n) is 4.99. The van der Waals surface area contributed by atoms with Crippen LogP contribution >= 0.6 is 0 Å². The second-order valence-corrected chi connectivity index (χ2v) is 4.99. The molecule has 0 bridgehead atoms. The molecule has 0 radical (unpaired) electrons. The van der Waals surface area contributed by atoms with Gasteiger partial charge in [-0.1, -0.05) is 6.92 Å². The first-order valence-corrected chi connectivity index (χ1v) is 6.15. The summed E-state index contributed by atoms with van der Waals surface area (Å²) in [7, 11) is 3.76. The molecule has 0 saturated heterocycles. The minimum atomic E-state index is 0.117. The Hall–Kier alpha value is -1.51. The zero-order chi connectivity index (χ0) is 12.4. The molecule has 1 saturated carbocycles. The van der Waals surface area contributed by atoms with Gasteiger partial charge in [0.25, 0.3) is 5.91 Å². The van der Waals surface area contributed by atoms with Crippen molar-refractivity contribution in [3.05, 3.63) is 29.8 Å². The molecule has 0 aliphatic heterocycles. The third-order valence-corrected chi connectivity index (χ3v) is 3.55. The minimum absolute atomic E-state index is 0.117. The van der Waals surface area contributed by atoms with E-state index >= 15 is 0 Å². The molecule has 17 heavy (non-hydrogen) atoms. The fourth-order valence-corrected chi connectivity index (χ4v) is 2.09. The Morgan fingerprint density at radius 2 is 2.00 bits per heavy atom. The van der Waals surface area contributed by atoms with Gasteiger partial charge in [0.2, 0.25) is 0 Å². The van der Waals surface area contributed by atoms with Crippen LogP contribution < -0.4 is 5.32 Å². The van der Waals surface area contributed by atoms with E-state index in [2.05, 4.69) is 12.2 Å². The zero-order valence-corrected chi connectivity index (χ0v) is 10.7. The van der Waals surface area contributed by atoms with E-state index in [0.717, 1.165) is 23.7 Å². The molecule has 1 aromatic carbocycles. The second kappa shape index (κ2) is 4.78. The number of hydrogen-bond donors (Lipinski definition) is 1. The molecular formula is C14H20N2O. The van der Waals surface area contributed by atoms with E-state index in [1.54, 1.807) is 0 Å². The topological polar surface area (TPSA) is 32.3 Å². The quantitative estimate of drug-likeness (QED) is 0.865. The number of rotatable bonds is 4. The van der Waals surface area contributed by atoms with Crippen LogP contribution in [0.3, 0.4) is 0 Å². The summed E-state index contributed by atoms with van der Waals surface area (Å²) in [4.78, 5) is 14.0. The summed E-state index contributed by atoms with van der Waals surface area (Å²) in [6.45, 7) is 3.12. The zero-order valence-electron chi connectivity index (χ0n) is 10.7. The number of amides is 1.